The van der Waals surface area contributed by atoms with E-state index in [4.69, 9.17) is 0 Å². The third kappa shape index (κ3) is 4.25. The average Bonchev–Trinajstić information content (AvgIpc) is 2.28. The van der Waals surface area contributed by atoms with Crippen LogP contribution in [0, 0.1) is 0 Å². The molecule has 1 rings (SSSR count). The van der Waals surface area contributed by atoms with Gasteiger partial charge in [-0.1, -0.05) is 0 Å². The van der Waals surface area contributed by atoms with Crippen molar-refractivity contribution >= 4 is 16.0 Å². The molecule has 0 bridgehead atoms. The molecule has 1 aromatic heterocycles. The van der Waals surface area contributed by atoms with Crippen LogP contribution in [0.5, 0.6) is 0 Å². The number of aromatic nitrogens is 2. The quantitative estimate of drug-likeness (QED) is 0.706. The van der Waals surface area contributed by atoms with Gasteiger partial charge in [0.05, 0.1) is 12.4 Å². The summed E-state index contributed by atoms with van der Waals surface area (Å²) in [7, 11) is 1.90. The largest absolute Gasteiger partial charge is 0.357 e. The number of likely N-dealkylation sites (N-methyl/N-ethyl adjacent to an activating group) is 1. The molecule has 0 saturated heterocycles. The zero-order chi connectivity index (χ0) is 12.9. The molecule has 2 N–H and O–H groups in total. The van der Waals surface area contributed by atoms with Crippen molar-refractivity contribution in [2.45, 2.75) is 4.90 Å². The molecule has 0 atom stereocenters. The Balaban J connectivity index is 2.68. The monoisotopic (exact) mass is 259 g/mol. The van der Waals surface area contributed by atoms with Crippen LogP contribution in [0.3, 0.4) is 0 Å². The molecule has 0 fully saturated rings. The van der Waals surface area contributed by atoms with Crippen LogP contribution in [0.15, 0.2) is 17.3 Å². The minimum Gasteiger partial charge on any atom is -0.357 e. The van der Waals surface area contributed by atoms with Crippen LogP contribution in [0.2, 0.25) is 0 Å². The average molecular weight is 259 g/mol. The fraction of sp³-hybridized carbons (Fsp3) is 0.556. The standard InChI is InChI=1S/C9H17N5O2S/c1-10-9-11-6-8(7-12-9)17(15,16)13-4-5-14(2)3/h6-7,13H,4-5H2,1-3H3,(H,10,11,12). The lowest BCUT2D eigenvalue weighted by Gasteiger charge is -2.10. The highest BCUT2D eigenvalue weighted by Gasteiger charge is 2.14. The number of hydrogen-bond donors (Lipinski definition) is 2. The van der Waals surface area contributed by atoms with Crippen LogP contribution in [0.4, 0.5) is 5.95 Å². The zero-order valence-electron chi connectivity index (χ0n) is 10.1. The summed E-state index contributed by atoms with van der Waals surface area (Å²) in [4.78, 5) is 9.67. The Kier molecular flexibility index (Phi) is 4.79. The SMILES string of the molecule is CNc1ncc(S(=O)(=O)NCCN(C)C)cn1. The Morgan fingerprint density at radius 3 is 2.35 bits per heavy atom. The highest BCUT2D eigenvalue weighted by atomic mass is 32.2. The number of anilines is 1. The molecule has 17 heavy (non-hydrogen) atoms. The van der Waals surface area contributed by atoms with Gasteiger partial charge in [-0.05, 0) is 14.1 Å². The first kappa shape index (κ1) is 13.8. The molecule has 7 nitrogen and oxygen atoms in total. The van der Waals surface area contributed by atoms with Gasteiger partial charge in [0.2, 0.25) is 16.0 Å². The van der Waals surface area contributed by atoms with Gasteiger partial charge in [0.1, 0.15) is 4.90 Å². The van der Waals surface area contributed by atoms with Crippen molar-refractivity contribution in [1.29, 1.82) is 0 Å². The molecule has 96 valence electrons. The summed E-state index contributed by atoms with van der Waals surface area (Å²) in [5, 5.41) is 2.72. The number of nitrogens with one attached hydrogen (secondary N) is 2. The molecular formula is C9H17N5O2S. The lowest BCUT2D eigenvalue weighted by molar-refractivity contribution is 0.412. The van der Waals surface area contributed by atoms with Crippen molar-refractivity contribution in [3.63, 3.8) is 0 Å². The van der Waals surface area contributed by atoms with E-state index in [1.807, 2.05) is 19.0 Å². The molecule has 0 amide bonds. The Labute approximate surface area is 101 Å². The van der Waals surface area contributed by atoms with Gasteiger partial charge in [-0.15, -0.1) is 0 Å². The van der Waals surface area contributed by atoms with Crippen LogP contribution >= 0.6 is 0 Å². The van der Waals surface area contributed by atoms with Gasteiger partial charge >= 0.3 is 0 Å². The van der Waals surface area contributed by atoms with E-state index in [0.717, 1.165) is 0 Å². The van der Waals surface area contributed by atoms with Crippen molar-refractivity contribution in [2.24, 2.45) is 0 Å². The second kappa shape index (κ2) is 5.89. The van der Waals surface area contributed by atoms with E-state index in [1.165, 1.54) is 12.4 Å². The number of nitrogens with zero attached hydrogens (tertiary/aromatic N) is 3. The van der Waals surface area contributed by atoms with E-state index in [9.17, 15) is 8.42 Å². The smallest absolute Gasteiger partial charge is 0.243 e. The van der Waals surface area contributed by atoms with Gasteiger partial charge in [0.25, 0.3) is 0 Å². The Bertz CT molecular complexity index is 443. The second-order valence-electron chi connectivity index (χ2n) is 3.69. The summed E-state index contributed by atoms with van der Waals surface area (Å²) in [5.74, 6) is 0.386. The first-order valence-corrected chi connectivity index (χ1v) is 6.58. The highest BCUT2D eigenvalue weighted by Crippen LogP contribution is 2.06. The van der Waals surface area contributed by atoms with Gasteiger partial charge in [-0.2, -0.15) is 0 Å². The van der Waals surface area contributed by atoms with Gasteiger partial charge in [-0.3, -0.25) is 0 Å². The summed E-state index contributed by atoms with van der Waals surface area (Å²) in [6.45, 7) is 0.984. The molecule has 0 aliphatic rings. The van der Waals surface area contributed by atoms with E-state index < -0.39 is 10.0 Å². The summed E-state index contributed by atoms with van der Waals surface area (Å²) < 4.78 is 26.0. The van der Waals surface area contributed by atoms with Crippen LogP contribution in [-0.2, 0) is 10.0 Å². The summed E-state index contributed by atoms with van der Waals surface area (Å²) in [6, 6.07) is 0. The molecule has 0 aliphatic heterocycles. The molecule has 0 aliphatic carbocycles. The van der Waals surface area contributed by atoms with E-state index in [-0.39, 0.29) is 4.90 Å². The predicted octanol–water partition coefficient (Wildman–Crippen LogP) is -0.642. The maximum Gasteiger partial charge on any atom is 0.243 e. The number of hydrogen-bond acceptors (Lipinski definition) is 6. The Hall–Kier alpha value is -1.25. The first-order chi connectivity index (χ1) is 7.95. The molecule has 0 radical (unpaired) electrons. The van der Waals surface area contributed by atoms with Crippen LogP contribution in [-0.4, -0.2) is 57.5 Å². The van der Waals surface area contributed by atoms with E-state index in [1.54, 1.807) is 7.05 Å². The van der Waals surface area contributed by atoms with Crippen molar-refractivity contribution in [2.75, 3.05) is 39.5 Å². The second-order valence-corrected chi connectivity index (χ2v) is 5.46. The fourth-order valence-electron chi connectivity index (χ4n) is 1.07. The molecule has 0 unspecified atom stereocenters. The lowest BCUT2D eigenvalue weighted by atomic mass is 10.6. The van der Waals surface area contributed by atoms with Crippen LogP contribution in [0.1, 0.15) is 0 Å². The lowest BCUT2D eigenvalue weighted by Crippen LogP contribution is -2.31. The van der Waals surface area contributed by atoms with Gasteiger partial charge in [0.15, 0.2) is 0 Å². The van der Waals surface area contributed by atoms with E-state index in [0.29, 0.717) is 19.0 Å². The molecule has 1 aromatic rings. The van der Waals surface area contributed by atoms with E-state index >= 15 is 0 Å². The molecule has 8 heteroatoms. The summed E-state index contributed by atoms with van der Waals surface area (Å²) >= 11 is 0. The Morgan fingerprint density at radius 2 is 1.88 bits per heavy atom. The van der Waals surface area contributed by atoms with Crippen molar-refractivity contribution in [3.8, 4) is 0 Å². The molecule has 1 heterocycles. The summed E-state index contributed by atoms with van der Waals surface area (Å²) in [6.07, 6.45) is 2.55. The minimum atomic E-state index is -3.51. The molecule has 0 saturated carbocycles. The van der Waals surface area contributed by atoms with Gasteiger partial charge < -0.3 is 10.2 Å². The van der Waals surface area contributed by atoms with E-state index in [2.05, 4.69) is 20.0 Å². The maximum atomic E-state index is 11.8. The highest BCUT2D eigenvalue weighted by molar-refractivity contribution is 7.89. The third-order valence-electron chi connectivity index (χ3n) is 2.01. The number of rotatable bonds is 6. The van der Waals surface area contributed by atoms with Crippen molar-refractivity contribution < 1.29 is 8.42 Å². The first-order valence-electron chi connectivity index (χ1n) is 5.10. The fourth-order valence-corrected chi connectivity index (χ4v) is 1.98. The third-order valence-corrected chi connectivity index (χ3v) is 3.43. The van der Waals surface area contributed by atoms with Gasteiger partial charge in [-0.25, -0.2) is 23.1 Å². The minimum absolute atomic E-state index is 0.0651. The van der Waals surface area contributed by atoms with Crippen molar-refractivity contribution in [3.05, 3.63) is 12.4 Å². The van der Waals surface area contributed by atoms with Crippen molar-refractivity contribution in [1.82, 2.24) is 19.6 Å². The topological polar surface area (TPSA) is 87.2 Å². The van der Waals surface area contributed by atoms with Gasteiger partial charge in [0, 0.05) is 20.1 Å². The molecule has 0 spiro atoms. The summed E-state index contributed by atoms with van der Waals surface area (Å²) in [5.41, 5.74) is 0. The Morgan fingerprint density at radius 1 is 1.29 bits per heavy atom. The molecular weight excluding hydrogens is 242 g/mol. The zero-order valence-corrected chi connectivity index (χ0v) is 11.0. The maximum absolute atomic E-state index is 11.8. The normalized spacial score (nSPS) is 11.8. The number of sulfonamides is 1. The predicted molar refractivity (Wildman–Crippen MR) is 65.3 cm³/mol. The molecule has 0 aromatic carbocycles. The van der Waals surface area contributed by atoms with Crippen LogP contribution < -0.4 is 10.0 Å². The van der Waals surface area contributed by atoms with Crippen LogP contribution in [0.25, 0.3) is 0 Å².